The van der Waals surface area contributed by atoms with Crippen LogP contribution in [0.4, 0.5) is 15.8 Å². The maximum absolute atomic E-state index is 13.0. The molecule has 8 heteroatoms. The number of sulfonamides is 1. The molecule has 0 heterocycles. The van der Waals surface area contributed by atoms with Crippen LogP contribution in [-0.2, 0) is 27.8 Å². The van der Waals surface area contributed by atoms with Gasteiger partial charge in [-0.1, -0.05) is 24.3 Å². The lowest BCUT2D eigenvalue weighted by Crippen LogP contribution is -2.24. The zero-order valence-corrected chi connectivity index (χ0v) is 18.1. The zero-order chi connectivity index (χ0) is 22.4. The van der Waals surface area contributed by atoms with Crippen LogP contribution in [0.2, 0.25) is 0 Å². The van der Waals surface area contributed by atoms with Gasteiger partial charge in [-0.2, -0.15) is 0 Å². The van der Waals surface area contributed by atoms with Crippen LogP contribution in [-0.4, -0.2) is 28.4 Å². The van der Waals surface area contributed by atoms with E-state index in [1.54, 1.807) is 24.3 Å². The molecule has 0 spiro atoms. The predicted octanol–water partition coefficient (Wildman–Crippen LogP) is 3.55. The SMILES string of the molecule is CN(C)c1cccc(CNC(=O)Cc2ccc(NS(=O)(=O)c3ccc(F)cc3)cc2)c1. The number of hydrogen-bond acceptors (Lipinski definition) is 4. The summed E-state index contributed by atoms with van der Waals surface area (Å²) in [7, 11) is 0.104. The third-order valence-corrected chi connectivity index (χ3v) is 6.01. The lowest BCUT2D eigenvalue weighted by molar-refractivity contribution is -0.120. The molecule has 0 aliphatic rings. The highest BCUT2D eigenvalue weighted by atomic mass is 32.2. The average molecular weight is 442 g/mol. The third-order valence-electron chi connectivity index (χ3n) is 4.61. The van der Waals surface area contributed by atoms with Crippen LogP contribution in [0.1, 0.15) is 11.1 Å². The normalized spacial score (nSPS) is 11.1. The molecule has 0 radical (unpaired) electrons. The van der Waals surface area contributed by atoms with Gasteiger partial charge in [0.15, 0.2) is 0 Å². The van der Waals surface area contributed by atoms with E-state index < -0.39 is 15.8 Å². The summed E-state index contributed by atoms with van der Waals surface area (Å²) in [5, 5.41) is 2.89. The second kappa shape index (κ2) is 9.61. The van der Waals surface area contributed by atoms with Crippen LogP contribution in [0, 0.1) is 5.82 Å². The largest absolute Gasteiger partial charge is 0.378 e. The van der Waals surface area contributed by atoms with Crippen molar-refractivity contribution in [1.29, 1.82) is 0 Å². The van der Waals surface area contributed by atoms with E-state index in [1.165, 1.54) is 12.1 Å². The number of rotatable bonds is 8. The molecule has 0 atom stereocenters. The fraction of sp³-hybridized carbons (Fsp3) is 0.174. The van der Waals surface area contributed by atoms with Crippen LogP contribution in [0.5, 0.6) is 0 Å². The van der Waals surface area contributed by atoms with Crippen LogP contribution >= 0.6 is 0 Å². The zero-order valence-electron chi connectivity index (χ0n) is 17.3. The van der Waals surface area contributed by atoms with Crippen molar-refractivity contribution in [3.8, 4) is 0 Å². The number of anilines is 2. The van der Waals surface area contributed by atoms with Gasteiger partial charge in [0.2, 0.25) is 5.91 Å². The Morgan fingerprint density at radius 3 is 2.26 bits per heavy atom. The van der Waals surface area contributed by atoms with E-state index in [9.17, 15) is 17.6 Å². The van der Waals surface area contributed by atoms with Crippen molar-refractivity contribution in [2.75, 3.05) is 23.7 Å². The van der Waals surface area contributed by atoms with Gasteiger partial charge in [-0.15, -0.1) is 0 Å². The summed E-state index contributed by atoms with van der Waals surface area (Å²) in [6.45, 7) is 0.427. The minimum absolute atomic E-state index is 0.0318. The van der Waals surface area contributed by atoms with Crippen molar-refractivity contribution in [2.24, 2.45) is 0 Å². The minimum atomic E-state index is -3.81. The van der Waals surface area contributed by atoms with Crippen molar-refractivity contribution in [3.63, 3.8) is 0 Å². The molecule has 0 bridgehead atoms. The Morgan fingerprint density at radius 1 is 0.935 bits per heavy atom. The second-order valence-corrected chi connectivity index (χ2v) is 8.96. The summed E-state index contributed by atoms with van der Waals surface area (Å²) in [4.78, 5) is 14.2. The minimum Gasteiger partial charge on any atom is -0.378 e. The van der Waals surface area contributed by atoms with Gasteiger partial charge in [0, 0.05) is 32.0 Å². The lowest BCUT2D eigenvalue weighted by Gasteiger charge is -2.14. The first-order valence-electron chi connectivity index (χ1n) is 9.63. The third kappa shape index (κ3) is 6.29. The molecule has 3 rings (SSSR count). The van der Waals surface area contributed by atoms with E-state index in [1.807, 2.05) is 43.3 Å². The number of nitrogens with zero attached hydrogens (tertiary/aromatic N) is 1. The monoisotopic (exact) mass is 441 g/mol. The highest BCUT2D eigenvalue weighted by molar-refractivity contribution is 7.92. The summed E-state index contributed by atoms with van der Waals surface area (Å²) < 4.78 is 40.2. The van der Waals surface area contributed by atoms with E-state index in [-0.39, 0.29) is 17.2 Å². The number of hydrogen-bond donors (Lipinski definition) is 2. The molecule has 162 valence electrons. The molecule has 0 saturated heterocycles. The van der Waals surface area contributed by atoms with Crippen molar-refractivity contribution < 1.29 is 17.6 Å². The van der Waals surface area contributed by atoms with Crippen molar-refractivity contribution in [2.45, 2.75) is 17.9 Å². The standard InChI is InChI=1S/C23H24FN3O3S/c1-27(2)21-5-3-4-18(14-21)16-25-23(28)15-17-6-10-20(11-7-17)26-31(29,30)22-12-8-19(24)9-13-22/h3-14,26H,15-16H2,1-2H3,(H,25,28). The van der Waals surface area contributed by atoms with Gasteiger partial charge in [-0.05, 0) is 59.7 Å². The number of nitrogens with one attached hydrogen (secondary N) is 2. The Hall–Kier alpha value is -3.39. The Bertz CT molecular complexity index is 1150. The average Bonchev–Trinajstić information content (AvgIpc) is 2.74. The van der Waals surface area contributed by atoms with Gasteiger partial charge in [-0.25, -0.2) is 12.8 Å². The first-order chi connectivity index (χ1) is 14.7. The van der Waals surface area contributed by atoms with E-state index in [4.69, 9.17) is 0 Å². The number of halogens is 1. The van der Waals surface area contributed by atoms with Gasteiger partial charge in [-0.3, -0.25) is 9.52 Å². The van der Waals surface area contributed by atoms with Gasteiger partial charge in [0.1, 0.15) is 5.82 Å². The number of benzene rings is 3. The maximum atomic E-state index is 13.0. The Labute approximate surface area is 181 Å². The Morgan fingerprint density at radius 2 is 1.61 bits per heavy atom. The molecule has 3 aromatic carbocycles. The summed E-state index contributed by atoms with van der Waals surface area (Å²) in [5.41, 5.74) is 3.17. The first kappa shape index (κ1) is 22.3. The molecule has 0 unspecified atom stereocenters. The topological polar surface area (TPSA) is 78.5 Å². The quantitative estimate of drug-likeness (QED) is 0.560. The van der Waals surface area contributed by atoms with Crippen LogP contribution in [0.3, 0.4) is 0 Å². The molecule has 0 aliphatic carbocycles. The van der Waals surface area contributed by atoms with Crippen LogP contribution < -0.4 is 14.9 Å². The van der Waals surface area contributed by atoms with Crippen LogP contribution in [0.15, 0.2) is 77.7 Å². The molecule has 0 fully saturated rings. The number of amides is 1. The lowest BCUT2D eigenvalue weighted by atomic mass is 10.1. The van der Waals surface area contributed by atoms with Gasteiger partial charge < -0.3 is 10.2 Å². The second-order valence-electron chi connectivity index (χ2n) is 7.27. The van der Waals surface area contributed by atoms with E-state index in [2.05, 4.69) is 10.0 Å². The highest BCUT2D eigenvalue weighted by Gasteiger charge is 2.14. The molecule has 3 aromatic rings. The fourth-order valence-corrected chi connectivity index (χ4v) is 3.97. The summed E-state index contributed by atoms with van der Waals surface area (Å²) in [5.74, 6) is -0.637. The van der Waals surface area contributed by atoms with E-state index in [0.717, 1.165) is 28.9 Å². The Kier molecular flexibility index (Phi) is 6.91. The molecule has 0 aliphatic heterocycles. The van der Waals surface area contributed by atoms with Gasteiger partial charge in [0.25, 0.3) is 10.0 Å². The smallest absolute Gasteiger partial charge is 0.261 e. The molecular formula is C23H24FN3O3S. The number of carbonyl (C=O) groups excluding carboxylic acids is 1. The summed E-state index contributed by atoms with van der Waals surface area (Å²) in [6, 6.07) is 19.0. The molecule has 0 saturated carbocycles. The highest BCUT2D eigenvalue weighted by Crippen LogP contribution is 2.17. The van der Waals surface area contributed by atoms with E-state index in [0.29, 0.717) is 12.2 Å². The van der Waals surface area contributed by atoms with Crippen molar-refractivity contribution >= 4 is 27.3 Å². The van der Waals surface area contributed by atoms with Gasteiger partial charge >= 0.3 is 0 Å². The maximum Gasteiger partial charge on any atom is 0.261 e. The van der Waals surface area contributed by atoms with Crippen molar-refractivity contribution in [3.05, 3.63) is 89.7 Å². The summed E-state index contributed by atoms with van der Waals surface area (Å²) >= 11 is 0. The predicted molar refractivity (Wildman–Crippen MR) is 120 cm³/mol. The number of carbonyl (C=O) groups is 1. The molecule has 0 aromatic heterocycles. The fourth-order valence-electron chi connectivity index (χ4n) is 2.91. The molecule has 1 amide bonds. The molecule has 31 heavy (non-hydrogen) atoms. The molecular weight excluding hydrogens is 417 g/mol. The van der Waals surface area contributed by atoms with Gasteiger partial charge in [0.05, 0.1) is 11.3 Å². The Balaban J connectivity index is 1.56. The molecule has 6 nitrogen and oxygen atoms in total. The molecule has 2 N–H and O–H groups in total. The van der Waals surface area contributed by atoms with E-state index >= 15 is 0 Å². The summed E-state index contributed by atoms with van der Waals surface area (Å²) in [6.07, 6.45) is 0.179. The van der Waals surface area contributed by atoms with Crippen molar-refractivity contribution in [1.82, 2.24) is 5.32 Å². The van der Waals surface area contributed by atoms with Crippen LogP contribution in [0.25, 0.3) is 0 Å². The first-order valence-corrected chi connectivity index (χ1v) is 11.1.